The first-order valence-electron chi connectivity index (χ1n) is 13.3. The summed E-state index contributed by atoms with van der Waals surface area (Å²) in [6.07, 6.45) is 2.02. The Morgan fingerprint density at radius 1 is 1.02 bits per heavy atom. The van der Waals surface area contributed by atoms with Crippen LogP contribution in [-0.2, 0) is 21.4 Å². The third kappa shape index (κ3) is 3.80. The highest BCUT2D eigenvalue weighted by Crippen LogP contribution is 2.58. The number of hydrogen-bond donors (Lipinski definition) is 4. The summed E-state index contributed by atoms with van der Waals surface area (Å²) >= 11 is 3.49. The largest absolute Gasteiger partial charge is 0.507 e. The molecule has 0 fully saturated rings. The number of halogens is 1. The number of nitrogens with zero attached hydrogens (tertiary/aromatic N) is 2. The highest BCUT2D eigenvalue weighted by molar-refractivity contribution is 9.10. The van der Waals surface area contributed by atoms with Crippen LogP contribution in [0.5, 0.6) is 17.2 Å². The van der Waals surface area contributed by atoms with Gasteiger partial charge in [-0.05, 0) is 54.5 Å². The van der Waals surface area contributed by atoms with Crippen molar-refractivity contribution in [2.75, 3.05) is 34.4 Å². The number of pyridine rings is 1. The minimum Gasteiger partial charge on any atom is -0.507 e. The van der Waals surface area contributed by atoms with Crippen molar-refractivity contribution in [2.24, 2.45) is 5.16 Å². The Hall–Kier alpha value is -4.82. The number of likely N-dealkylation sites (N-methyl/N-ethyl adjacent to an activating group) is 1. The molecule has 13 nitrogen and oxygen atoms in total. The number of Topliss-reactive ketones (excluding diaryl/α,β-unsaturated/α-hetero) is 3. The molecular weight excluding hydrogens is 642 g/mol. The van der Waals surface area contributed by atoms with Gasteiger partial charge in [-0.15, -0.1) is 0 Å². The number of H-pyrrole nitrogens is 1. The van der Waals surface area contributed by atoms with E-state index >= 15 is 0 Å². The molecule has 0 saturated heterocycles. The zero-order valence-corrected chi connectivity index (χ0v) is 25.1. The van der Waals surface area contributed by atoms with Crippen LogP contribution in [0.4, 0.5) is 0 Å². The van der Waals surface area contributed by atoms with Crippen LogP contribution in [0.1, 0.15) is 64.7 Å². The molecule has 0 saturated carbocycles. The fraction of sp³-hybridized carbons (Fsp3) is 0.267. The van der Waals surface area contributed by atoms with Gasteiger partial charge in [-0.3, -0.25) is 24.0 Å². The number of phenols is 3. The number of rotatable bonds is 6. The Balaban J connectivity index is 1.51. The van der Waals surface area contributed by atoms with E-state index in [1.54, 1.807) is 6.07 Å². The second-order valence-corrected chi connectivity index (χ2v) is 11.7. The van der Waals surface area contributed by atoms with E-state index in [4.69, 9.17) is 9.57 Å². The molecular formula is C30H24BrN3O10. The molecule has 1 aromatic heterocycles. The first-order valence-corrected chi connectivity index (χ1v) is 14.1. The van der Waals surface area contributed by atoms with Crippen molar-refractivity contribution >= 4 is 56.0 Å². The van der Waals surface area contributed by atoms with E-state index in [1.165, 1.54) is 6.21 Å². The highest BCUT2D eigenvalue weighted by Gasteiger charge is 2.62. The smallest absolute Gasteiger partial charge is 0.260 e. The summed E-state index contributed by atoms with van der Waals surface area (Å²) in [5.74, 6) is -6.78. The normalized spacial score (nSPS) is 18.9. The Morgan fingerprint density at radius 3 is 2.32 bits per heavy atom. The predicted molar refractivity (Wildman–Crippen MR) is 158 cm³/mol. The summed E-state index contributed by atoms with van der Waals surface area (Å²) in [5, 5.41) is 37.8. The quantitative estimate of drug-likeness (QED) is 0.0992. The zero-order valence-electron chi connectivity index (χ0n) is 23.5. The van der Waals surface area contributed by atoms with Crippen molar-refractivity contribution in [1.29, 1.82) is 0 Å². The van der Waals surface area contributed by atoms with Crippen LogP contribution in [-0.4, -0.2) is 88.9 Å². The van der Waals surface area contributed by atoms with Gasteiger partial charge in [-0.2, -0.15) is 0 Å². The molecule has 0 radical (unpaired) electrons. The third-order valence-electron chi connectivity index (χ3n) is 8.26. The van der Waals surface area contributed by atoms with Gasteiger partial charge in [-0.1, -0.05) is 5.16 Å². The van der Waals surface area contributed by atoms with Gasteiger partial charge in [0.1, 0.15) is 29.3 Å². The number of methoxy groups -OCH3 is 1. The van der Waals surface area contributed by atoms with Gasteiger partial charge in [0.2, 0.25) is 5.78 Å². The Labute approximate surface area is 256 Å². The lowest BCUT2D eigenvalue weighted by atomic mass is 9.76. The van der Waals surface area contributed by atoms with E-state index in [-0.39, 0.29) is 34.9 Å². The molecule has 44 heavy (non-hydrogen) atoms. The number of hydrogen-bond acceptors (Lipinski definition) is 12. The first kappa shape index (κ1) is 29.3. The van der Waals surface area contributed by atoms with Crippen molar-refractivity contribution in [3.8, 4) is 17.2 Å². The lowest BCUT2D eigenvalue weighted by Gasteiger charge is -2.23. The molecule has 1 spiro atoms. The second-order valence-electron chi connectivity index (χ2n) is 10.9. The SMILES string of the molecule is COC1=CC(=O)c2c(O)c3c(c(O)c2C1=O)C(=O)[C@]1(CCc2c1c(O)c1c(=O)[nH]c(C=NOCCN(C)C)cc1c2Br)C3=O. The number of fused-ring (bicyclic) bond motifs is 5. The summed E-state index contributed by atoms with van der Waals surface area (Å²) in [7, 11) is 4.89. The number of carbonyl (C=O) groups excluding carboxylic acids is 4. The van der Waals surface area contributed by atoms with Gasteiger partial charge in [0.05, 0.1) is 46.7 Å². The maximum Gasteiger partial charge on any atom is 0.260 e. The molecule has 3 aliphatic rings. The summed E-state index contributed by atoms with van der Waals surface area (Å²) in [4.78, 5) is 77.1. The predicted octanol–water partition coefficient (Wildman–Crippen LogP) is 2.49. The Kier molecular flexibility index (Phi) is 6.74. The monoisotopic (exact) mass is 665 g/mol. The fourth-order valence-electron chi connectivity index (χ4n) is 6.24. The molecule has 2 aromatic carbocycles. The molecule has 0 unspecified atom stereocenters. The average Bonchev–Trinajstić information content (AvgIpc) is 3.48. The number of phenolic OH excluding ortho intramolecular Hbond substituents is 3. The van der Waals surface area contributed by atoms with Gasteiger partial charge in [0.15, 0.2) is 23.1 Å². The van der Waals surface area contributed by atoms with E-state index in [2.05, 4.69) is 26.1 Å². The van der Waals surface area contributed by atoms with Gasteiger partial charge in [0.25, 0.3) is 5.56 Å². The standard InChI is InChI=1S/C30H24BrN3O10/c1-34(2)6-7-44-32-10-11-8-13-16(29(42)33-11)26(39)21-12(22(13)31)4-5-30(21)27(40)19-20(28(30)41)25(38)18-17(24(19)37)14(35)9-15(43-3)23(18)36/h8-10,37-39H,4-7H2,1-3H3,(H,33,42)/t30-/m0/s1. The molecule has 0 amide bonds. The van der Waals surface area contributed by atoms with Crippen LogP contribution in [0.2, 0.25) is 0 Å². The molecule has 6 rings (SSSR count). The summed E-state index contributed by atoms with van der Waals surface area (Å²) in [6, 6.07) is 1.54. The number of benzene rings is 2. The minimum atomic E-state index is -2.15. The molecule has 3 aromatic rings. The van der Waals surface area contributed by atoms with Crippen LogP contribution in [0.15, 0.2) is 32.3 Å². The van der Waals surface area contributed by atoms with Gasteiger partial charge in [0, 0.05) is 28.0 Å². The molecule has 1 atom stereocenters. The topological polar surface area (TPSA) is 196 Å². The molecule has 0 aliphatic heterocycles. The van der Waals surface area contributed by atoms with Crippen LogP contribution in [0, 0.1) is 0 Å². The van der Waals surface area contributed by atoms with Crippen molar-refractivity contribution < 1.29 is 44.1 Å². The van der Waals surface area contributed by atoms with E-state index in [0.717, 1.165) is 13.2 Å². The van der Waals surface area contributed by atoms with Crippen molar-refractivity contribution in [3.63, 3.8) is 0 Å². The second kappa shape index (κ2) is 10.1. The molecule has 1 heterocycles. The fourth-order valence-corrected chi connectivity index (χ4v) is 6.95. The van der Waals surface area contributed by atoms with Crippen molar-refractivity contribution in [3.05, 3.63) is 71.8 Å². The van der Waals surface area contributed by atoms with E-state index < -0.39 is 79.4 Å². The highest BCUT2D eigenvalue weighted by atomic mass is 79.9. The number of oxime groups is 1. The number of aromatic hydroxyl groups is 3. The number of nitrogens with one attached hydrogen (secondary N) is 1. The number of aromatic nitrogens is 1. The zero-order chi connectivity index (χ0) is 31.8. The maximum absolute atomic E-state index is 14.2. The third-order valence-corrected chi connectivity index (χ3v) is 9.17. The lowest BCUT2D eigenvalue weighted by Crippen LogP contribution is -2.36. The molecule has 3 aliphatic carbocycles. The Morgan fingerprint density at radius 2 is 1.68 bits per heavy atom. The van der Waals surface area contributed by atoms with Crippen LogP contribution in [0.25, 0.3) is 10.8 Å². The van der Waals surface area contributed by atoms with Gasteiger partial charge in [-0.25, -0.2) is 0 Å². The van der Waals surface area contributed by atoms with E-state index in [9.17, 15) is 39.3 Å². The number of ether oxygens (including phenoxy) is 1. The summed E-state index contributed by atoms with van der Waals surface area (Å²) in [5.41, 5.74) is -5.01. The molecule has 226 valence electrons. The lowest BCUT2D eigenvalue weighted by molar-refractivity contribution is 0.0790. The van der Waals surface area contributed by atoms with Gasteiger partial charge >= 0.3 is 0 Å². The number of carbonyl (C=O) groups is 4. The Bertz CT molecular complexity index is 2010. The average molecular weight is 666 g/mol. The maximum atomic E-state index is 14.2. The minimum absolute atomic E-state index is 0.0865. The number of allylic oxidation sites excluding steroid dienone is 2. The molecule has 4 N–H and O–H groups in total. The van der Waals surface area contributed by atoms with Crippen LogP contribution >= 0.6 is 15.9 Å². The van der Waals surface area contributed by atoms with Crippen LogP contribution < -0.4 is 5.56 Å². The van der Waals surface area contributed by atoms with Crippen LogP contribution in [0.3, 0.4) is 0 Å². The first-order chi connectivity index (χ1) is 20.9. The number of ketones is 4. The molecule has 0 bridgehead atoms. The summed E-state index contributed by atoms with van der Waals surface area (Å²) < 4.78 is 5.26. The molecule has 14 heteroatoms. The van der Waals surface area contributed by atoms with E-state index in [0.29, 0.717) is 23.2 Å². The van der Waals surface area contributed by atoms with Gasteiger partial charge < -0.3 is 34.8 Å². The summed E-state index contributed by atoms with van der Waals surface area (Å²) in [6.45, 7) is 0.933. The van der Waals surface area contributed by atoms with Crippen molar-refractivity contribution in [2.45, 2.75) is 18.3 Å². The van der Waals surface area contributed by atoms with E-state index in [1.807, 2.05) is 19.0 Å². The number of aromatic amines is 1. The van der Waals surface area contributed by atoms with Crippen molar-refractivity contribution in [1.82, 2.24) is 9.88 Å².